The van der Waals surface area contributed by atoms with Gasteiger partial charge in [0.15, 0.2) is 17.6 Å². The average Bonchev–Trinajstić information content (AvgIpc) is 2.74. The van der Waals surface area contributed by atoms with Crippen LogP contribution in [0, 0.1) is 11.3 Å². The van der Waals surface area contributed by atoms with Gasteiger partial charge >= 0.3 is 0 Å². The number of ether oxygens (including phenoxy) is 3. The Bertz CT molecular complexity index is 1060. The maximum atomic E-state index is 8.99. The van der Waals surface area contributed by atoms with Crippen molar-refractivity contribution in [3.63, 3.8) is 0 Å². The molecule has 0 spiro atoms. The molecule has 0 radical (unpaired) electrons. The predicted molar refractivity (Wildman–Crippen MR) is 107 cm³/mol. The predicted octanol–water partition coefficient (Wildman–Crippen LogP) is 5.96. The van der Waals surface area contributed by atoms with Crippen LogP contribution in [0.25, 0.3) is 0 Å². The molecule has 0 unspecified atom stereocenters. The van der Waals surface area contributed by atoms with Crippen LogP contribution in [0.4, 0.5) is 0 Å². The summed E-state index contributed by atoms with van der Waals surface area (Å²) >= 11 is 12.0. The van der Waals surface area contributed by atoms with Crippen LogP contribution in [-0.2, 0) is 6.61 Å². The Labute approximate surface area is 172 Å². The van der Waals surface area contributed by atoms with Gasteiger partial charge in [0.1, 0.15) is 19.0 Å². The summed E-state index contributed by atoms with van der Waals surface area (Å²) in [5, 5.41) is 10.0. The van der Waals surface area contributed by atoms with E-state index in [1.54, 1.807) is 30.3 Å². The van der Waals surface area contributed by atoms with Crippen molar-refractivity contribution in [2.24, 2.45) is 0 Å². The van der Waals surface area contributed by atoms with Crippen LogP contribution < -0.4 is 14.2 Å². The smallest absolute Gasteiger partial charge is 0.162 e. The third kappa shape index (κ3) is 4.01. The summed E-state index contributed by atoms with van der Waals surface area (Å²) in [4.78, 5) is 0. The Kier molecular flexibility index (Phi) is 5.29. The lowest BCUT2D eigenvalue weighted by molar-refractivity contribution is 0.0910. The summed E-state index contributed by atoms with van der Waals surface area (Å²) in [6.45, 7) is 0.736. The first-order valence-corrected chi connectivity index (χ1v) is 9.38. The standard InChI is InChI=1S/C22H15Cl2NO3/c23-18-6-4-15(8-19(18)24)12-26-17-3-1-2-16(10-17)22-13-27-21-9-14(11-25)5-7-20(21)28-22/h1-10,22H,12-13H2/t22-/m1/s1. The number of nitrogens with zero attached hydrogens (tertiary/aromatic N) is 1. The molecule has 0 aromatic heterocycles. The van der Waals surface area contributed by atoms with Crippen LogP contribution in [0.1, 0.15) is 22.8 Å². The second-order valence-corrected chi connectivity index (χ2v) is 7.11. The van der Waals surface area contributed by atoms with Crippen molar-refractivity contribution in [3.05, 3.63) is 87.4 Å². The lowest BCUT2D eigenvalue weighted by Crippen LogP contribution is -2.21. The lowest BCUT2D eigenvalue weighted by Gasteiger charge is -2.27. The molecule has 1 heterocycles. The zero-order valence-corrected chi connectivity index (χ0v) is 16.2. The van der Waals surface area contributed by atoms with E-state index in [2.05, 4.69) is 6.07 Å². The van der Waals surface area contributed by atoms with Crippen LogP contribution >= 0.6 is 23.2 Å². The molecule has 6 heteroatoms. The fourth-order valence-corrected chi connectivity index (χ4v) is 3.23. The second-order valence-electron chi connectivity index (χ2n) is 6.30. The van der Waals surface area contributed by atoms with E-state index in [9.17, 15) is 0 Å². The van der Waals surface area contributed by atoms with E-state index in [0.717, 1.165) is 16.9 Å². The summed E-state index contributed by atoms with van der Waals surface area (Å²) in [5.41, 5.74) is 2.42. The van der Waals surface area contributed by atoms with Crippen molar-refractivity contribution < 1.29 is 14.2 Å². The number of benzene rings is 3. The monoisotopic (exact) mass is 411 g/mol. The van der Waals surface area contributed by atoms with Crippen LogP contribution in [0.2, 0.25) is 10.0 Å². The Morgan fingerprint density at radius 3 is 2.71 bits per heavy atom. The number of hydrogen-bond acceptors (Lipinski definition) is 4. The lowest BCUT2D eigenvalue weighted by atomic mass is 10.1. The molecule has 0 saturated carbocycles. The number of nitriles is 1. The summed E-state index contributed by atoms with van der Waals surface area (Å²) < 4.78 is 17.7. The van der Waals surface area contributed by atoms with E-state index < -0.39 is 0 Å². The van der Waals surface area contributed by atoms with Gasteiger partial charge in [0.25, 0.3) is 0 Å². The SMILES string of the molecule is N#Cc1ccc2c(c1)OC[C@H](c1cccc(OCc3ccc(Cl)c(Cl)c3)c1)O2. The minimum Gasteiger partial charge on any atom is -0.489 e. The van der Waals surface area contributed by atoms with Crippen molar-refractivity contribution in [2.45, 2.75) is 12.7 Å². The largest absolute Gasteiger partial charge is 0.489 e. The van der Waals surface area contributed by atoms with Crippen molar-refractivity contribution in [2.75, 3.05) is 6.61 Å². The first-order valence-electron chi connectivity index (χ1n) is 8.62. The second kappa shape index (κ2) is 8.02. The number of halogens is 2. The Balaban J connectivity index is 1.46. The number of hydrogen-bond donors (Lipinski definition) is 0. The normalized spacial score (nSPS) is 15.0. The minimum atomic E-state index is -0.256. The van der Waals surface area contributed by atoms with Gasteiger partial charge in [0.2, 0.25) is 0 Å². The van der Waals surface area contributed by atoms with Gasteiger partial charge < -0.3 is 14.2 Å². The third-order valence-electron chi connectivity index (χ3n) is 4.35. The molecule has 4 nitrogen and oxygen atoms in total. The molecule has 3 aromatic rings. The summed E-state index contributed by atoms with van der Waals surface area (Å²) in [6.07, 6.45) is -0.256. The highest BCUT2D eigenvalue weighted by Crippen LogP contribution is 2.37. The molecule has 1 aliphatic heterocycles. The fourth-order valence-electron chi connectivity index (χ4n) is 2.91. The Morgan fingerprint density at radius 2 is 1.89 bits per heavy atom. The molecule has 0 bridgehead atoms. The van der Waals surface area contributed by atoms with Gasteiger partial charge in [0, 0.05) is 6.07 Å². The Hall–Kier alpha value is -2.87. The molecule has 0 amide bonds. The molecular formula is C22H15Cl2NO3. The molecule has 28 heavy (non-hydrogen) atoms. The molecule has 0 N–H and O–H groups in total. The molecular weight excluding hydrogens is 397 g/mol. The molecule has 1 aliphatic rings. The van der Waals surface area contributed by atoms with Crippen LogP contribution in [0.15, 0.2) is 60.7 Å². The first-order chi connectivity index (χ1) is 13.6. The average molecular weight is 412 g/mol. The van der Waals surface area contributed by atoms with E-state index >= 15 is 0 Å². The molecule has 0 aliphatic carbocycles. The van der Waals surface area contributed by atoms with E-state index in [0.29, 0.717) is 40.3 Å². The van der Waals surface area contributed by atoms with E-state index in [4.69, 9.17) is 42.7 Å². The number of fused-ring (bicyclic) bond motifs is 1. The molecule has 4 rings (SSSR count). The number of rotatable bonds is 4. The molecule has 1 atom stereocenters. The zero-order valence-electron chi connectivity index (χ0n) is 14.7. The van der Waals surface area contributed by atoms with Crippen LogP contribution in [0.5, 0.6) is 17.2 Å². The van der Waals surface area contributed by atoms with Gasteiger partial charge in [-0.2, -0.15) is 5.26 Å². The van der Waals surface area contributed by atoms with Gasteiger partial charge in [-0.25, -0.2) is 0 Å². The molecule has 0 saturated heterocycles. The van der Waals surface area contributed by atoms with Gasteiger partial charge in [-0.1, -0.05) is 41.4 Å². The molecule has 140 valence electrons. The fraction of sp³-hybridized carbons (Fsp3) is 0.136. The zero-order chi connectivity index (χ0) is 19.5. The van der Waals surface area contributed by atoms with Crippen molar-refractivity contribution in [3.8, 4) is 23.3 Å². The minimum absolute atomic E-state index is 0.256. The van der Waals surface area contributed by atoms with E-state index in [1.165, 1.54) is 0 Å². The quantitative estimate of drug-likeness (QED) is 0.531. The van der Waals surface area contributed by atoms with Crippen LogP contribution in [-0.4, -0.2) is 6.61 Å². The first kappa shape index (κ1) is 18.5. The molecule has 0 fully saturated rings. The highest BCUT2D eigenvalue weighted by atomic mass is 35.5. The van der Waals surface area contributed by atoms with Crippen molar-refractivity contribution >= 4 is 23.2 Å². The summed E-state index contributed by atoms with van der Waals surface area (Å²) in [5.74, 6) is 1.93. The van der Waals surface area contributed by atoms with Gasteiger partial charge in [0.05, 0.1) is 21.7 Å². The summed E-state index contributed by atoms with van der Waals surface area (Å²) in [7, 11) is 0. The van der Waals surface area contributed by atoms with E-state index in [-0.39, 0.29) is 6.10 Å². The van der Waals surface area contributed by atoms with Gasteiger partial charge in [-0.3, -0.25) is 0 Å². The Morgan fingerprint density at radius 1 is 1.00 bits per heavy atom. The maximum absolute atomic E-state index is 8.99. The summed E-state index contributed by atoms with van der Waals surface area (Å²) in [6, 6.07) is 20.4. The topological polar surface area (TPSA) is 51.5 Å². The van der Waals surface area contributed by atoms with Crippen molar-refractivity contribution in [1.82, 2.24) is 0 Å². The highest BCUT2D eigenvalue weighted by Gasteiger charge is 2.23. The van der Waals surface area contributed by atoms with E-state index in [1.807, 2.05) is 30.3 Å². The highest BCUT2D eigenvalue weighted by molar-refractivity contribution is 6.42. The molecule has 3 aromatic carbocycles. The van der Waals surface area contributed by atoms with Crippen molar-refractivity contribution in [1.29, 1.82) is 5.26 Å². The van der Waals surface area contributed by atoms with Gasteiger partial charge in [-0.05, 0) is 47.5 Å². The van der Waals surface area contributed by atoms with Crippen LogP contribution in [0.3, 0.4) is 0 Å². The third-order valence-corrected chi connectivity index (χ3v) is 5.09. The van der Waals surface area contributed by atoms with Gasteiger partial charge in [-0.15, -0.1) is 0 Å². The maximum Gasteiger partial charge on any atom is 0.162 e.